The number of hydrogen-bond donors (Lipinski definition) is 3. The number of piperidine rings is 1. The van der Waals surface area contributed by atoms with Crippen LogP contribution in [0.3, 0.4) is 0 Å². The van der Waals surface area contributed by atoms with Crippen molar-refractivity contribution in [2.24, 2.45) is 5.92 Å². The molecule has 1 fully saturated rings. The van der Waals surface area contributed by atoms with Crippen LogP contribution in [0.2, 0.25) is 0 Å². The van der Waals surface area contributed by atoms with Crippen LogP contribution in [0.15, 0.2) is 0 Å². The van der Waals surface area contributed by atoms with E-state index in [1.165, 1.54) is 25.9 Å². The van der Waals surface area contributed by atoms with Crippen molar-refractivity contribution >= 4 is 0 Å². The zero-order valence-electron chi connectivity index (χ0n) is 9.26. The standard InChI is InChI=1S/C11H24N2O/c1-2-11(5-8-14)13-9-10-3-6-12-7-4-10/h10-14H,2-9H2,1H3. The number of aliphatic hydroxyl groups is 1. The van der Waals surface area contributed by atoms with Crippen molar-refractivity contribution < 1.29 is 5.11 Å². The molecule has 1 saturated heterocycles. The van der Waals surface area contributed by atoms with E-state index in [1.807, 2.05) is 0 Å². The highest BCUT2D eigenvalue weighted by molar-refractivity contribution is 4.73. The van der Waals surface area contributed by atoms with Gasteiger partial charge in [-0.3, -0.25) is 0 Å². The van der Waals surface area contributed by atoms with Crippen LogP contribution in [0.25, 0.3) is 0 Å². The second-order valence-corrected chi connectivity index (χ2v) is 4.22. The normalized spacial score (nSPS) is 21.0. The minimum Gasteiger partial charge on any atom is -0.396 e. The van der Waals surface area contributed by atoms with E-state index in [0.29, 0.717) is 12.6 Å². The van der Waals surface area contributed by atoms with Gasteiger partial charge in [-0.15, -0.1) is 0 Å². The molecule has 0 aromatic carbocycles. The molecule has 3 heteroatoms. The Balaban J connectivity index is 2.10. The third kappa shape index (κ3) is 4.40. The summed E-state index contributed by atoms with van der Waals surface area (Å²) in [6, 6.07) is 0.509. The van der Waals surface area contributed by atoms with E-state index in [2.05, 4.69) is 17.6 Å². The molecule has 3 N–H and O–H groups in total. The second kappa shape index (κ2) is 7.21. The fraction of sp³-hybridized carbons (Fsp3) is 1.00. The molecule has 3 nitrogen and oxygen atoms in total. The van der Waals surface area contributed by atoms with E-state index >= 15 is 0 Å². The summed E-state index contributed by atoms with van der Waals surface area (Å²) in [7, 11) is 0. The maximum Gasteiger partial charge on any atom is 0.0445 e. The van der Waals surface area contributed by atoms with Gasteiger partial charge in [-0.05, 0) is 51.2 Å². The Morgan fingerprint density at radius 1 is 1.43 bits per heavy atom. The minimum atomic E-state index is 0.303. The maximum absolute atomic E-state index is 8.85. The highest BCUT2D eigenvalue weighted by atomic mass is 16.3. The summed E-state index contributed by atoms with van der Waals surface area (Å²) in [5, 5.41) is 15.8. The van der Waals surface area contributed by atoms with Gasteiger partial charge in [-0.2, -0.15) is 0 Å². The van der Waals surface area contributed by atoms with Crippen LogP contribution < -0.4 is 10.6 Å². The van der Waals surface area contributed by atoms with Gasteiger partial charge < -0.3 is 15.7 Å². The van der Waals surface area contributed by atoms with Gasteiger partial charge in [0.05, 0.1) is 0 Å². The molecular weight excluding hydrogens is 176 g/mol. The summed E-state index contributed by atoms with van der Waals surface area (Å²) in [5.41, 5.74) is 0. The summed E-state index contributed by atoms with van der Waals surface area (Å²) in [6.45, 7) is 5.94. The molecule has 1 heterocycles. The van der Waals surface area contributed by atoms with Gasteiger partial charge in [0.15, 0.2) is 0 Å². The molecular formula is C11H24N2O. The van der Waals surface area contributed by atoms with Crippen molar-refractivity contribution in [2.45, 2.75) is 38.6 Å². The molecule has 1 atom stereocenters. The molecule has 0 aliphatic carbocycles. The van der Waals surface area contributed by atoms with Crippen LogP contribution in [0, 0.1) is 5.92 Å². The topological polar surface area (TPSA) is 44.3 Å². The van der Waals surface area contributed by atoms with Crippen molar-refractivity contribution in [1.29, 1.82) is 0 Å². The second-order valence-electron chi connectivity index (χ2n) is 4.22. The molecule has 0 spiro atoms. The molecule has 0 radical (unpaired) electrons. The van der Waals surface area contributed by atoms with E-state index < -0.39 is 0 Å². The first kappa shape index (κ1) is 12.0. The third-order valence-corrected chi connectivity index (χ3v) is 3.12. The first-order valence-corrected chi connectivity index (χ1v) is 5.91. The van der Waals surface area contributed by atoms with Gasteiger partial charge in [0.1, 0.15) is 0 Å². The monoisotopic (exact) mass is 200 g/mol. The lowest BCUT2D eigenvalue weighted by Crippen LogP contribution is -2.38. The first-order valence-electron chi connectivity index (χ1n) is 5.91. The Kier molecular flexibility index (Phi) is 6.15. The highest BCUT2D eigenvalue weighted by Gasteiger charge is 2.14. The maximum atomic E-state index is 8.85. The molecule has 0 amide bonds. The summed E-state index contributed by atoms with van der Waals surface area (Å²) >= 11 is 0. The fourth-order valence-corrected chi connectivity index (χ4v) is 2.03. The van der Waals surface area contributed by atoms with Gasteiger partial charge in [0.2, 0.25) is 0 Å². The molecule has 1 unspecified atom stereocenters. The summed E-state index contributed by atoms with van der Waals surface area (Å²) in [6.07, 6.45) is 4.60. The summed E-state index contributed by atoms with van der Waals surface area (Å²) in [5.74, 6) is 0.837. The number of nitrogens with one attached hydrogen (secondary N) is 2. The van der Waals surface area contributed by atoms with Crippen LogP contribution in [-0.2, 0) is 0 Å². The predicted octanol–water partition coefficient (Wildman–Crippen LogP) is 0.737. The predicted molar refractivity (Wildman–Crippen MR) is 59.4 cm³/mol. The van der Waals surface area contributed by atoms with Crippen LogP contribution in [0.4, 0.5) is 0 Å². The third-order valence-electron chi connectivity index (χ3n) is 3.12. The molecule has 1 aliphatic rings. The number of aliphatic hydroxyl groups excluding tert-OH is 1. The van der Waals surface area contributed by atoms with E-state index in [-0.39, 0.29) is 0 Å². The SMILES string of the molecule is CCC(CCO)NCC1CCNCC1. The van der Waals surface area contributed by atoms with Crippen molar-refractivity contribution in [3.63, 3.8) is 0 Å². The molecule has 0 aromatic heterocycles. The van der Waals surface area contributed by atoms with Crippen LogP contribution >= 0.6 is 0 Å². The lowest BCUT2D eigenvalue weighted by atomic mass is 9.97. The minimum absolute atomic E-state index is 0.303. The van der Waals surface area contributed by atoms with Gasteiger partial charge in [-0.25, -0.2) is 0 Å². The zero-order valence-corrected chi connectivity index (χ0v) is 9.26. The molecule has 1 rings (SSSR count). The molecule has 0 aromatic rings. The lowest BCUT2D eigenvalue weighted by molar-refractivity contribution is 0.253. The van der Waals surface area contributed by atoms with Crippen molar-refractivity contribution in [3.8, 4) is 0 Å². The van der Waals surface area contributed by atoms with E-state index in [9.17, 15) is 0 Å². The molecule has 84 valence electrons. The Hall–Kier alpha value is -0.120. The summed E-state index contributed by atoms with van der Waals surface area (Å²) in [4.78, 5) is 0. The van der Waals surface area contributed by atoms with Crippen molar-refractivity contribution in [1.82, 2.24) is 10.6 Å². The fourth-order valence-electron chi connectivity index (χ4n) is 2.03. The average Bonchev–Trinajstić information content (AvgIpc) is 2.25. The molecule has 0 bridgehead atoms. The van der Waals surface area contributed by atoms with E-state index in [0.717, 1.165) is 25.3 Å². The molecule has 0 saturated carbocycles. The lowest BCUT2D eigenvalue weighted by Gasteiger charge is -2.25. The van der Waals surface area contributed by atoms with E-state index in [1.54, 1.807) is 0 Å². The zero-order chi connectivity index (χ0) is 10.2. The van der Waals surface area contributed by atoms with Gasteiger partial charge in [-0.1, -0.05) is 6.92 Å². The Labute approximate surface area is 87.3 Å². The number of rotatable bonds is 6. The molecule has 1 aliphatic heterocycles. The van der Waals surface area contributed by atoms with Gasteiger partial charge in [0, 0.05) is 12.6 Å². The van der Waals surface area contributed by atoms with Gasteiger partial charge in [0.25, 0.3) is 0 Å². The van der Waals surface area contributed by atoms with Crippen molar-refractivity contribution in [3.05, 3.63) is 0 Å². The van der Waals surface area contributed by atoms with Gasteiger partial charge >= 0.3 is 0 Å². The van der Waals surface area contributed by atoms with Crippen LogP contribution in [-0.4, -0.2) is 37.4 Å². The van der Waals surface area contributed by atoms with Crippen molar-refractivity contribution in [2.75, 3.05) is 26.2 Å². The van der Waals surface area contributed by atoms with E-state index in [4.69, 9.17) is 5.11 Å². The summed E-state index contributed by atoms with van der Waals surface area (Å²) < 4.78 is 0. The first-order chi connectivity index (χ1) is 6.86. The quantitative estimate of drug-likeness (QED) is 0.592. The van der Waals surface area contributed by atoms with Crippen LogP contribution in [0.5, 0.6) is 0 Å². The average molecular weight is 200 g/mol. The highest BCUT2D eigenvalue weighted by Crippen LogP contribution is 2.10. The number of hydrogen-bond acceptors (Lipinski definition) is 3. The molecule has 14 heavy (non-hydrogen) atoms. The Morgan fingerprint density at radius 3 is 2.71 bits per heavy atom. The largest absolute Gasteiger partial charge is 0.396 e. The Bertz CT molecular complexity index is 130. The smallest absolute Gasteiger partial charge is 0.0445 e. The van der Waals surface area contributed by atoms with Crippen LogP contribution in [0.1, 0.15) is 32.6 Å². The Morgan fingerprint density at radius 2 is 2.14 bits per heavy atom.